The fraction of sp³-hybridized carbons (Fsp3) is 0.273. The number of para-hydroxylation sites is 1. The summed E-state index contributed by atoms with van der Waals surface area (Å²) in [5.74, 6) is 1.96. The van der Waals surface area contributed by atoms with Crippen molar-refractivity contribution in [1.82, 2.24) is 29.2 Å². The normalized spacial score (nSPS) is 12.0. The number of aromatic nitrogens is 5. The van der Waals surface area contributed by atoms with Crippen LogP contribution in [0.3, 0.4) is 0 Å². The third-order valence-corrected chi connectivity index (χ3v) is 5.39. The Morgan fingerprint density at radius 3 is 2.38 bits per heavy atom. The number of hydrogen-bond donors (Lipinski definition) is 2. The fourth-order valence-corrected chi connectivity index (χ4v) is 3.77. The second kappa shape index (κ2) is 10.1. The van der Waals surface area contributed by atoms with Crippen LogP contribution < -0.4 is 18.9 Å². The van der Waals surface area contributed by atoms with Gasteiger partial charge in [0.15, 0.2) is 17.1 Å². The topological polar surface area (TPSA) is 134 Å². The largest absolute Gasteiger partial charge is 0.494 e. The van der Waals surface area contributed by atoms with E-state index in [2.05, 4.69) is 14.7 Å². The van der Waals surface area contributed by atoms with Crippen molar-refractivity contribution in [2.45, 2.75) is 20.4 Å². The van der Waals surface area contributed by atoms with Gasteiger partial charge in [0, 0.05) is 6.07 Å². The zero-order valence-corrected chi connectivity index (χ0v) is 19.9. The van der Waals surface area contributed by atoms with Crippen molar-refractivity contribution >= 4 is 22.6 Å². The molecule has 3 heterocycles. The molecule has 1 aromatic carbocycles. The minimum Gasteiger partial charge on any atom is -0.494 e. The molecule has 12 heteroatoms. The highest BCUT2D eigenvalue weighted by molar-refractivity contribution is 7.77. The Bertz CT molecular complexity index is 1340. The van der Waals surface area contributed by atoms with Gasteiger partial charge in [-0.2, -0.15) is 0 Å². The quantitative estimate of drug-likeness (QED) is 0.344. The van der Waals surface area contributed by atoms with Crippen molar-refractivity contribution in [2.75, 3.05) is 20.8 Å². The Morgan fingerprint density at radius 1 is 1.03 bits per heavy atom. The molecule has 1 atom stereocenters. The van der Waals surface area contributed by atoms with Gasteiger partial charge in [-0.25, -0.2) is 28.9 Å². The fourth-order valence-electron chi connectivity index (χ4n) is 3.51. The van der Waals surface area contributed by atoms with E-state index in [-0.39, 0.29) is 6.54 Å². The average molecular weight is 485 g/mol. The molecule has 0 bridgehead atoms. The summed E-state index contributed by atoms with van der Waals surface area (Å²) in [6.45, 7) is 4.16. The van der Waals surface area contributed by atoms with E-state index in [9.17, 15) is 4.21 Å². The van der Waals surface area contributed by atoms with Gasteiger partial charge in [-0.15, -0.1) is 0 Å². The maximum atomic E-state index is 11.2. The molecule has 4 rings (SSSR count). The summed E-state index contributed by atoms with van der Waals surface area (Å²) in [5.41, 5.74) is 2.95. The molecule has 0 amide bonds. The second-order valence-electron chi connectivity index (χ2n) is 7.05. The van der Waals surface area contributed by atoms with Crippen LogP contribution in [0.15, 0.2) is 36.4 Å². The van der Waals surface area contributed by atoms with Crippen LogP contribution in [0.4, 0.5) is 0 Å². The lowest BCUT2D eigenvalue weighted by molar-refractivity contribution is 0.327. The number of nitrogens with one attached hydrogen (secondary N) is 1. The van der Waals surface area contributed by atoms with Crippen LogP contribution >= 0.6 is 0 Å². The van der Waals surface area contributed by atoms with Crippen LogP contribution in [0.5, 0.6) is 17.4 Å². The van der Waals surface area contributed by atoms with Gasteiger partial charge >= 0.3 is 0 Å². The van der Waals surface area contributed by atoms with Gasteiger partial charge in [0.25, 0.3) is 0 Å². The lowest BCUT2D eigenvalue weighted by atomic mass is 10.2. The number of benzene rings is 1. The number of imidazole rings is 1. The predicted octanol–water partition coefficient (Wildman–Crippen LogP) is 2.83. The molecular formula is C22H24N6O5S. The first-order valence-electron chi connectivity index (χ1n) is 10.4. The van der Waals surface area contributed by atoms with E-state index >= 15 is 0 Å². The molecule has 0 saturated carbocycles. The first kappa shape index (κ1) is 23.5. The Kier molecular flexibility index (Phi) is 7.01. The van der Waals surface area contributed by atoms with E-state index in [1.54, 1.807) is 43.9 Å². The number of aryl methyl sites for hydroxylation is 1. The third kappa shape index (κ3) is 4.55. The standard InChI is InChI=1S/C22H24N6O5S/c1-5-33-18-11-6-8-14(25-18)21-27-20-22(26-15(13(2)24-20)12-23-34(29)30)28(21)19-16(31-3)9-7-10-17(19)32-4/h6-11,23H,5,12H2,1-4H3,(H,29,30). The van der Waals surface area contributed by atoms with Gasteiger partial charge in [0.2, 0.25) is 17.1 Å². The molecular weight excluding hydrogens is 460 g/mol. The summed E-state index contributed by atoms with van der Waals surface area (Å²) in [6, 6.07) is 10.8. The van der Waals surface area contributed by atoms with Gasteiger partial charge in [-0.3, -0.25) is 9.12 Å². The van der Waals surface area contributed by atoms with Crippen molar-refractivity contribution in [3.05, 3.63) is 47.8 Å². The molecule has 0 radical (unpaired) electrons. The van der Waals surface area contributed by atoms with Crippen LogP contribution in [0.25, 0.3) is 28.5 Å². The van der Waals surface area contributed by atoms with Crippen molar-refractivity contribution in [1.29, 1.82) is 0 Å². The van der Waals surface area contributed by atoms with E-state index < -0.39 is 11.3 Å². The molecule has 11 nitrogen and oxygen atoms in total. The lowest BCUT2D eigenvalue weighted by Gasteiger charge is -2.16. The monoisotopic (exact) mass is 484 g/mol. The molecule has 178 valence electrons. The number of fused-ring (bicyclic) bond motifs is 1. The molecule has 0 aliphatic heterocycles. The number of methoxy groups -OCH3 is 2. The van der Waals surface area contributed by atoms with E-state index in [1.807, 2.05) is 25.1 Å². The molecule has 0 aliphatic carbocycles. The first-order chi connectivity index (χ1) is 16.5. The van der Waals surface area contributed by atoms with Crippen molar-refractivity contribution < 1.29 is 23.0 Å². The molecule has 0 saturated heterocycles. The van der Waals surface area contributed by atoms with Gasteiger partial charge in [-0.1, -0.05) is 12.1 Å². The summed E-state index contributed by atoms with van der Waals surface area (Å²) < 4.78 is 41.4. The number of ether oxygens (including phenoxy) is 3. The molecule has 0 spiro atoms. The Labute approximate surface area is 198 Å². The smallest absolute Gasteiger partial charge is 0.232 e. The summed E-state index contributed by atoms with van der Waals surface area (Å²) in [4.78, 5) is 18.7. The highest BCUT2D eigenvalue weighted by Gasteiger charge is 2.24. The molecule has 0 aliphatic rings. The van der Waals surface area contributed by atoms with Crippen LogP contribution in [0.1, 0.15) is 18.3 Å². The zero-order valence-electron chi connectivity index (χ0n) is 19.1. The van der Waals surface area contributed by atoms with Crippen molar-refractivity contribution in [3.8, 4) is 34.6 Å². The van der Waals surface area contributed by atoms with Gasteiger partial charge < -0.3 is 14.2 Å². The van der Waals surface area contributed by atoms with E-state index in [4.69, 9.17) is 28.7 Å². The molecule has 2 N–H and O–H groups in total. The summed E-state index contributed by atoms with van der Waals surface area (Å²) in [5, 5.41) is 0. The number of hydrogen-bond acceptors (Lipinski definition) is 8. The van der Waals surface area contributed by atoms with Crippen molar-refractivity contribution in [2.24, 2.45) is 0 Å². The molecule has 1 unspecified atom stereocenters. The predicted molar refractivity (Wildman–Crippen MR) is 127 cm³/mol. The minimum atomic E-state index is -2.19. The molecule has 4 aromatic rings. The van der Waals surface area contributed by atoms with E-state index in [0.717, 1.165) is 0 Å². The SMILES string of the molecule is CCOc1cccc(-c2nc3nc(C)c(CNS(=O)O)nc3n2-c2c(OC)cccc2OC)n1. The summed E-state index contributed by atoms with van der Waals surface area (Å²) in [7, 11) is 3.12. The maximum Gasteiger partial charge on any atom is 0.232 e. The molecule has 0 fully saturated rings. The van der Waals surface area contributed by atoms with E-state index in [0.29, 0.717) is 63.9 Å². The highest BCUT2D eigenvalue weighted by Crippen LogP contribution is 2.37. The molecule has 34 heavy (non-hydrogen) atoms. The Morgan fingerprint density at radius 2 is 1.74 bits per heavy atom. The Hall–Kier alpha value is -3.61. The summed E-state index contributed by atoms with van der Waals surface area (Å²) in [6.07, 6.45) is 0. The second-order valence-corrected chi connectivity index (χ2v) is 7.84. The van der Waals surface area contributed by atoms with Crippen LogP contribution in [0.2, 0.25) is 0 Å². The average Bonchev–Trinajstić information content (AvgIpc) is 3.19. The van der Waals surface area contributed by atoms with Crippen LogP contribution in [0, 0.1) is 6.92 Å². The van der Waals surface area contributed by atoms with Gasteiger partial charge in [-0.05, 0) is 32.0 Å². The maximum absolute atomic E-state index is 11.2. The van der Waals surface area contributed by atoms with Crippen molar-refractivity contribution in [3.63, 3.8) is 0 Å². The minimum absolute atomic E-state index is 0.0412. The molecule has 3 aromatic heterocycles. The van der Waals surface area contributed by atoms with Crippen LogP contribution in [-0.4, -0.2) is 54.1 Å². The Balaban J connectivity index is 2.05. The van der Waals surface area contributed by atoms with E-state index in [1.165, 1.54) is 0 Å². The number of pyridine rings is 1. The number of nitrogens with zero attached hydrogens (tertiary/aromatic N) is 5. The lowest BCUT2D eigenvalue weighted by Crippen LogP contribution is -2.18. The van der Waals surface area contributed by atoms with Gasteiger partial charge in [0.05, 0.1) is 38.8 Å². The number of rotatable bonds is 9. The van der Waals surface area contributed by atoms with Gasteiger partial charge in [0.1, 0.15) is 22.9 Å². The third-order valence-electron chi connectivity index (χ3n) is 5.00. The first-order valence-corrected chi connectivity index (χ1v) is 11.5. The highest BCUT2D eigenvalue weighted by atomic mass is 32.2. The van der Waals surface area contributed by atoms with Crippen LogP contribution in [-0.2, 0) is 17.8 Å². The summed E-state index contributed by atoms with van der Waals surface area (Å²) >= 11 is -2.19. The zero-order chi connectivity index (χ0) is 24.2.